The summed E-state index contributed by atoms with van der Waals surface area (Å²) in [7, 11) is 0. The Morgan fingerprint density at radius 2 is 1.96 bits per heavy atom. The van der Waals surface area contributed by atoms with Crippen LogP contribution in [0.25, 0.3) is 0 Å². The quantitative estimate of drug-likeness (QED) is 0.767. The molecule has 0 bridgehead atoms. The van der Waals surface area contributed by atoms with Crippen LogP contribution in [0.3, 0.4) is 0 Å². The fourth-order valence-corrected chi connectivity index (χ4v) is 2.98. The van der Waals surface area contributed by atoms with E-state index in [0.717, 1.165) is 11.8 Å². The molecule has 136 valence electrons. The Morgan fingerprint density at radius 3 is 2.74 bits per heavy atom. The number of rotatable bonds is 4. The highest BCUT2D eigenvalue weighted by Crippen LogP contribution is 2.31. The molecule has 27 heavy (non-hydrogen) atoms. The lowest BCUT2D eigenvalue weighted by molar-refractivity contribution is -0.117. The molecule has 1 aliphatic rings. The van der Waals surface area contributed by atoms with Crippen LogP contribution in [0.1, 0.15) is 28.6 Å². The Balaban J connectivity index is 1.45. The van der Waals surface area contributed by atoms with Gasteiger partial charge in [-0.05, 0) is 30.3 Å². The van der Waals surface area contributed by atoms with Crippen molar-refractivity contribution in [1.29, 1.82) is 0 Å². The number of anilines is 2. The van der Waals surface area contributed by atoms with Gasteiger partial charge >= 0.3 is 6.01 Å². The van der Waals surface area contributed by atoms with E-state index in [-0.39, 0.29) is 35.7 Å². The largest absolute Gasteiger partial charge is 0.407 e. The zero-order valence-corrected chi connectivity index (χ0v) is 14.1. The predicted molar refractivity (Wildman–Crippen MR) is 94.8 cm³/mol. The summed E-state index contributed by atoms with van der Waals surface area (Å²) in [5, 5.41) is 10.2. The summed E-state index contributed by atoms with van der Waals surface area (Å²) in [4.78, 5) is 26.1. The molecule has 0 aliphatic carbocycles. The number of hydrogen-bond acceptors (Lipinski definition) is 5. The maximum Gasteiger partial charge on any atom is 0.322 e. The number of carbonyl (C=O) groups is 2. The third-order valence-corrected chi connectivity index (χ3v) is 4.29. The summed E-state index contributed by atoms with van der Waals surface area (Å²) in [5.74, 6) is -1.09. The monoisotopic (exact) mass is 366 g/mol. The lowest BCUT2D eigenvalue weighted by atomic mass is 10.1. The number of nitrogens with one attached hydrogen (secondary N) is 1. The fraction of sp³-hybridized carbons (Fsp3) is 0.158. The van der Waals surface area contributed by atoms with E-state index in [1.54, 1.807) is 4.90 Å². The molecule has 0 radical (unpaired) electrons. The lowest BCUT2D eigenvalue weighted by Gasteiger charge is -2.15. The van der Waals surface area contributed by atoms with Gasteiger partial charge in [-0.15, -0.1) is 5.10 Å². The summed E-state index contributed by atoms with van der Waals surface area (Å²) in [6, 6.07) is 14.5. The minimum absolute atomic E-state index is 0.0326. The van der Waals surface area contributed by atoms with Crippen molar-refractivity contribution in [2.45, 2.75) is 12.3 Å². The zero-order valence-electron chi connectivity index (χ0n) is 14.1. The smallest absolute Gasteiger partial charge is 0.322 e. The van der Waals surface area contributed by atoms with E-state index in [1.807, 2.05) is 30.3 Å². The van der Waals surface area contributed by atoms with Gasteiger partial charge < -0.3 is 9.32 Å². The summed E-state index contributed by atoms with van der Waals surface area (Å²) < 4.78 is 18.7. The van der Waals surface area contributed by atoms with Crippen LogP contribution in [0, 0.1) is 5.82 Å². The van der Waals surface area contributed by atoms with Crippen LogP contribution >= 0.6 is 0 Å². The van der Waals surface area contributed by atoms with E-state index in [4.69, 9.17) is 4.42 Å². The summed E-state index contributed by atoms with van der Waals surface area (Å²) in [6.45, 7) is 0.419. The highest BCUT2D eigenvalue weighted by molar-refractivity contribution is 6.03. The zero-order chi connectivity index (χ0) is 18.8. The summed E-state index contributed by atoms with van der Waals surface area (Å²) >= 11 is 0. The first kappa shape index (κ1) is 16.9. The number of hydrogen-bond donors (Lipinski definition) is 1. The Hall–Kier alpha value is -3.55. The maximum atomic E-state index is 13.2. The number of carbonyl (C=O) groups excluding carboxylic acids is 2. The molecule has 3 aromatic rings. The molecule has 7 nitrogen and oxygen atoms in total. The van der Waals surface area contributed by atoms with E-state index in [9.17, 15) is 14.0 Å². The second kappa shape index (κ2) is 6.99. The topological polar surface area (TPSA) is 88.3 Å². The maximum absolute atomic E-state index is 13.2. The number of para-hydroxylation sites is 1. The number of halogens is 1. The van der Waals surface area contributed by atoms with Gasteiger partial charge in [-0.1, -0.05) is 29.4 Å². The van der Waals surface area contributed by atoms with E-state index in [2.05, 4.69) is 15.5 Å². The van der Waals surface area contributed by atoms with Crippen molar-refractivity contribution in [3.05, 3.63) is 71.9 Å². The third-order valence-electron chi connectivity index (χ3n) is 4.29. The van der Waals surface area contributed by atoms with Gasteiger partial charge in [0.2, 0.25) is 11.8 Å². The van der Waals surface area contributed by atoms with Crippen molar-refractivity contribution in [2.24, 2.45) is 0 Å². The average molecular weight is 366 g/mol. The van der Waals surface area contributed by atoms with Crippen molar-refractivity contribution in [3.8, 4) is 0 Å². The minimum Gasteiger partial charge on any atom is -0.407 e. The van der Waals surface area contributed by atoms with Gasteiger partial charge in [0.1, 0.15) is 5.82 Å². The van der Waals surface area contributed by atoms with Crippen LogP contribution in [-0.4, -0.2) is 28.6 Å². The molecule has 1 atom stereocenters. The first-order valence-electron chi connectivity index (χ1n) is 8.36. The normalized spacial score (nSPS) is 16.6. The third kappa shape index (κ3) is 3.55. The molecule has 1 aliphatic heterocycles. The second-order valence-electron chi connectivity index (χ2n) is 6.15. The number of nitrogens with zero attached hydrogens (tertiary/aromatic N) is 3. The van der Waals surface area contributed by atoms with Crippen molar-refractivity contribution in [1.82, 2.24) is 10.2 Å². The Kier molecular flexibility index (Phi) is 4.37. The van der Waals surface area contributed by atoms with Gasteiger partial charge in [0.25, 0.3) is 5.91 Å². The van der Waals surface area contributed by atoms with Crippen molar-refractivity contribution in [2.75, 3.05) is 16.8 Å². The molecule has 1 fully saturated rings. The number of benzene rings is 2. The number of aromatic nitrogens is 2. The van der Waals surface area contributed by atoms with E-state index >= 15 is 0 Å². The molecular weight excluding hydrogens is 351 g/mol. The molecule has 2 heterocycles. The van der Waals surface area contributed by atoms with Crippen LogP contribution < -0.4 is 10.2 Å². The Morgan fingerprint density at radius 1 is 1.15 bits per heavy atom. The molecule has 4 rings (SSSR count). The molecule has 2 aromatic carbocycles. The van der Waals surface area contributed by atoms with Gasteiger partial charge in [0.15, 0.2) is 0 Å². The predicted octanol–water partition coefficient (Wildman–Crippen LogP) is 2.98. The van der Waals surface area contributed by atoms with Gasteiger partial charge in [-0.3, -0.25) is 14.9 Å². The highest BCUT2D eigenvalue weighted by Gasteiger charge is 2.35. The number of amides is 2. The van der Waals surface area contributed by atoms with E-state index in [1.165, 1.54) is 18.2 Å². The lowest BCUT2D eigenvalue weighted by Crippen LogP contribution is -2.24. The molecule has 0 saturated carbocycles. The van der Waals surface area contributed by atoms with Gasteiger partial charge in [0, 0.05) is 24.2 Å². The fourth-order valence-electron chi connectivity index (χ4n) is 2.98. The van der Waals surface area contributed by atoms with Crippen molar-refractivity contribution >= 4 is 23.5 Å². The molecule has 1 aromatic heterocycles. The van der Waals surface area contributed by atoms with Gasteiger partial charge in [-0.2, -0.15) is 0 Å². The van der Waals surface area contributed by atoms with Crippen LogP contribution in [-0.2, 0) is 4.79 Å². The molecule has 1 N–H and O–H groups in total. The first-order chi connectivity index (χ1) is 13.1. The molecule has 0 spiro atoms. The van der Waals surface area contributed by atoms with Gasteiger partial charge in [-0.25, -0.2) is 4.39 Å². The summed E-state index contributed by atoms with van der Waals surface area (Å²) in [6.07, 6.45) is 0.244. The average Bonchev–Trinajstić information content (AvgIpc) is 3.29. The van der Waals surface area contributed by atoms with Crippen LogP contribution in [0.4, 0.5) is 16.1 Å². The molecule has 1 saturated heterocycles. The van der Waals surface area contributed by atoms with E-state index < -0.39 is 11.7 Å². The van der Waals surface area contributed by atoms with Crippen LogP contribution in [0.5, 0.6) is 0 Å². The summed E-state index contributed by atoms with van der Waals surface area (Å²) in [5.41, 5.74) is 0.949. The standard InChI is InChI=1S/C19H15FN4O3/c20-14-6-4-5-12(9-14)17(26)21-19-23-22-18(27-19)13-10-16(25)24(11-13)15-7-2-1-3-8-15/h1-9,13H,10-11H2,(H,21,23,26). The molecular formula is C19H15FN4O3. The Labute approximate surface area is 153 Å². The van der Waals surface area contributed by atoms with Crippen molar-refractivity contribution in [3.63, 3.8) is 0 Å². The van der Waals surface area contributed by atoms with E-state index in [0.29, 0.717) is 6.54 Å². The van der Waals surface area contributed by atoms with Crippen LogP contribution in [0.2, 0.25) is 0 Å². The van der Waals surface area contributed by atoms with Crippen LogP contribution in [0.15, 0.2) is 59.0 Å². The molecule has 2 amide bonds. The minimum atomic E-state index is -0.557. The SMILES string of the molecule is O=C(Nc1nnc(C2CC(=O)N(c3ccccc3)C2)o1)c1cccc(F)c1. The first-order valence-corrected chi connectivity index (χ1v) is 8.36. The van der Waals surface area contributed by atoms with Gasteiger partial charge in [0.05, 0.1) is 5.92 Å². The second-order valence-corrected chi connectivity index (χ2v) is 6.15. The Bertz CT molecular complexity index is 989. The van der Waals surface area contributed by atoms with Crippen molar-refractivity contribution < 1.29 is 18.4 Å². The highest BCUT2D eigenvalue weighted by atomic mass is 19.1. The molecule has 1 unspecified atom stereocenters. The molecule has 8 heteroatoms.